The minimum Gasteiger partial charge on any atom is -0.329 e. The van der Waals surface area contributed by atoms with E-state index in [9.17, 15) is 9.59 Å². The van der Waals surface area contributed by atoms with Gasteiger partial charge in [0.15, 0.2) is 0 Å². The maximum Gasteiger partial charge on any atom is 0.255 e. The van der Waals surface area contributed by atoms with Crippen LogP contribution in [0.2, 0.25) is 0 Å². The number of pyridine rings is 1. The van der Waals surface area contributed by atoms with E-state index in [0.717, 1.165) is 17.8 Å². The monoisotopic (exact) mass is 310 g/mol. The van der Waals surface area contributed by atoms with Crippen LogP contribution in [0.15, 0.2) is 47.4 Å². The van der Waals surface area contributed by atoms with Gasteiger partial charge in [-0.2, -0.15) is 0 Å². The highest BCUT2D eigenvalue weighted by molar-refractivity contribution is 5.91. The van der Waals surface area contributed by atoms with Crippen molar-refractivity contribution < 1.29 is 4.79 Å². The first-order valence-electron chi connectivity index (χ1n) is 8.21. The first-order valence-corrected chi connectivity index (χ1v) is 8.21. The van der Waals surface area contributed by atoms with E-state index in [1.165, 1.54) is 25.7 Å². The van der Waals surface area contributed by atoms with Crippen LogP contribution in [-0.4, -0.2) is 17.4 Å². The Labute approximate surface area is 136 Å². The zero-order valence-electron chi connectivity index (χ0n) is 13.4. The molecule has 0 radical (unpaired) electrons. The van der Waals surface area contributed by atoms with Crippen LogP contribution in [0.4, 0.5) is 5.69 Å². The second kappa shape index (κ2) is 6.82. The molecule has 1 amide bonds. The van der Waals surface area contributed by atoms with E-state index in [1.54, 1.807) is 19.2 Å². The third-order valence-electron chi connectivity index (χ3n) is 4.60. The maximum atomic E-state index is 12.0. The Morgan fingerprint density at radius 1 is 1.17 bits per heavy atom. The zero-order chi connectivity index (χ0) is 16.2. The lowest BCUT2D eigenvalue weighted by Gasteiger charge is -2.24. The summed E-state index contributed by atoms with van der Waals surface area (Å²) in [5, 5.41) is 0. The summed E-state index contributed by atoms with van der Waals surface area (Å²) in [7, 11) is 0. The van der Waals surface area contributed by atoms with Gasteiger partial charge in [-0.25, -0.2) is 0 Å². The number of nitrogens with one attached hydrogen (secondary N) is 1. The van der Waals surface area contributed by atoms with Gasteiger partial charge in [0.25, 0.3) is 5.56 Å². The van der Waals surface area contributed by atoms with Crippen molar-refractivity contribution in [1.29, 1.82) is 0 Å². The highest BCUT2D eigenvalue weighted by Gasteiger charge is 2.21. The minimum absolute atomic E-state index is 0.0715. The molecule has 0 bridgehead atoms. The average Bonchev–Trinajstić information content (AvgIpc) is 3.06. The van der Waals surface area contributed by atoms with Crippen LogP contribution in [0.25, 0.3) is 11.1 Å². The Morgan fingerprint density at radius 3 is 2.48 bits per heavy atom. The molecule has 1 aromatic heterocycles. The number of rotatable bonds is 4. The molecule has 1 aliphatic carbocycles. The number of H-pyrrole nitrogens is 1. The number of nitrogens with zero attached hydrogens (tertiary/aromatic N) is 1. The molecule has 0 unspecified atom stereocenters. The molecule has 2 aromatic rings. The van der Waals surface area contributed by atoms with Crippen LogP contribution in [-0.2, 0) is 4.79 Å². The SMILES string of the molecule is CC(=O)N(CC1CCCC1)c1ccc(-c2ccc[nH]c2=O)cc1. The molecule has 3 rings (SSSR count). The second-order valence-corrected chi connectivity index (χ2v) is 6.24. The first-order chi connectivity index (χ1) is 11.1. The topological polar surface area (TPSA) is 53.2 Å². The Bertz CT molecular complexity index is 728. The lowest BCUT2D eigenvalue weighted by atomic mass is 10.1. The molecule has 120 valence electrons. The van der Waals surface area contributed by atoms with E-state index in [2.05, 4.69) is 4.98 Å². The number of hydrogen-bond donors (Lipinski definition) is 1. The summed E-state index contributed by atoms with van der Waals surface area (Å²) < 4.78 is 0. The van der Waals surface area contributed by atoms with Crippen molar-refractivity contribution in [2.24, 2.45) is 5.92 Å². The van der Waals surface area contributed by atoms with Crippen LogP contribution in [0.3, 0.4) is 0 Å². The van der Waals surface area contributed by atoms with E-state index < -0.39 is 0 Å². The predicted molar refractivity (Wildman–Crippen MR) is 92.5 cm³/mol. The Kier molecular flexibility index (Phi) is 4.60. The molecular formula is C19H22N2O2. The quantitative estimate of drug-likeness (QED) is 0.938. The van der Waals surface area contributed by atoms with Gasteiger partial charge in [0.2, 0.25) is 5.91 Å². The summed E-state index contributed by atoms with van der Waals surface area (Å²) in [6.07, 6.45) is 6.58. The van der Waals surface area contributed by atoms with Crippen LogP contribution < -0.4 is 10.5 Å². The molecule has 0 aliphatic heterocycles. The normalized spacial score (nSPS) is 14.8. The number of anilines is 1. The van der Waals surface area contributed by atoms with Crippen molar-refractivity contribution in [2.75, 3.05) is 11.4 Å². The van der Waals surface area contributed by atoms with Crippen molar-refractivity contribution in [3.05, 3.63) is 52.9 Å². The molecule has 1 saturated carbocycles. The lowest BCUT2D eigenvalue weighted by Crippen LogP contribution is -2.32. The largest absolute Gasteiger partial charge is 0.329 e. The van der Waals surface area contributed by atoms with Gasteiger partial charge < -0.3 is 9.88 Å². The Hall–Kier alpha value is -2.36. The molecule has 1 N–H and O–H groups in total. The standard InChI is InChI=1S/C19H22N2O2/c1-14(22)21(13-15-5-2-3-6-15)17-10-8-16(9-11-17)18-7-4-12-20-19(18)23/h4,7-12,15H,2-3,5-6,13H2,1H3,(H,20,23). The van der Waals surface area contributed by atoms with E-state index in [1.807, 2.05) is 35.2 Å². The van der Waals surface area contributed by atoms with Crippen LogP contribution in [0, 0.1) is 5.92 Å². The van der Waals surface area contributed by atoms with Gasteiger partial charge in [-0.3, -0.25) is 9.59 Å². The van der Waals surface area contributed by atoms with Crippen LogP contribution in [0.5, 0.6) is 0 Å². The van der Waals surface area contributed by atoms with Crippen molar-refractivity contribution in [3.63, 3.8) is 0 Å². The van der Waals surface area contributed by atoms with Gasteiger partial charge in [0.1, 0.15) is 0 Å². The smallest absolute Gasteiger partial charge is 0.255 e. The summed E-state index contributed by atoms with van der Waals surface area (Å²) in [5.74, 6) is 0.678. The number of aromatic nitrogens is 1. The molecule has 23 heavy (non-hydrogen) atoms. The van der Waals surface area contributed by atoms with Gasteiger partial charge >= 0.3 is 0 Å². The molecule has 0 atom stereocenters. The zero-order valence-corrected chi connectivity index (χ0v) is 13.4. The van der Waals surface area contributed by atoms with E-state index >= 15 is 0 Å². The Morgan fingerprint density at radius 2 is 1.87 bits per heavy atom. The summed E-state index contributed by atoms with van der Waals surface area (Å²) in [6, 6.07) is 11.3. The van der Waals surface area contributed by atoms with Gasteiger partial charge in [0, 0.05) is 30.9 Å². The molecule has 1 aliphatic rings. The van der Waals surface area contributed by atoms with Crippen LogP contribution >= 0.6 is 0 Å². The number of carbonyl (C=O) groups is 1. The number of amides is 1. The number of carbonyl (C=O) groups excluding carboxylic acids is 1. The predicted octanol–water partition coefficient (Wildman–Crippen LogP) is 3.59. The van der Waals surface area contributed by atoms with E-state index in [0.29, 0.717) is 11.5 Å². The van der Waals surface area contributed by atoms with Crippen molar-refractivity contribution >= 4 is 11.6 Å². The fourth-order valence-electron chi connectivity index (χ4n) is 3.34. The second-order valence-electron chi connectivity index (χ2n) is 6.24. The van der Waals surface area contributed by atoms with Gasteiger partial charge in [-0.1, -0.05) is 25.0 Å². The van der Waals surface area contributed by atoms with Crippen LogP contribution in [0.1, 0.15) is 32.6 Å². The minimum atomic E-state index is -0.102. The summed E-state index contributed by atoms with van der Waals surface area (Å²) >= 11 is 0. The molecule has 4 nitrogen and oxygen atoms in total. The summed E-state index contributed by atoms with van der Waals surface area (Å²) in [6.45, 7) is 2.41. The summed E-state index contributed by atoms with van der Waals surface area (Å²) in [4.78, 5) is 28.4. The summed E-state index contributed by atoms with van der Waals surface area (Å²) in [5.41, 5.74) is 2.30. The molecule has 1 fully saturated rings. The number of hydrogen-bond acceptors (Lipinski definition) is 2. The van der Waals surface area contributed by atoms with Gasteiger partial charge in [0.05, 0.1) is 0 Å². The highest BCUT2D eigenvalue weighted by atomic mass is 16.2. The molecule has 1 aromatic carbocycles. The lowest BCUT2D eigenvalue weighted by molar-refractivity contribution is -0.116. The fraction of sp³-hybridized carbons (Fsp3) is 0.368. The first kappa shape index (κ1) is 15.5. The number of aromatic amines is 1. The highest BCUT2D eigenvalue weighted by Crippen LogP contribution is 2.28. The molecule has 4 heteroatoms. The van der Waals surface area contributed by atoms with E-state index in [-0.39, 0.29) is 11.5 Å². The molecule has 1 heterocycles. The third kappa shape index (κ3) is 3.52. The van der Waals surface area contributed by atoms with Gasteiger partial charge in [-0.15, -0.1) is 0 Å². The maximum absolute atomic E-state index is 12.0. The van der Waals surface area contributed by atoms with E-state index in [4.69, 9.17) is 0 Å². The molecule has 0 saturated heterocycles. The van der Waals surface area contributed by atoms with Gasteiger partial charge in [-0.05, 0) is 48.6 Å². The van der Waals surface area contributed by atoms with Crippen molar-refractivity contribution in [2.45, 2.75) is 32.6 Å². The fourth-order valence-corrected chi connectivity index (χ4v) is 3.34. The number of benzene rings is 1. The molecular weight excluding hydrogens is 288 g/mol. The molecule has 0 spiro atoms. The van der Waals surface area contributed by atoms with Crippen molar-refractivity contribution in [3.8, 4) is 11.1 Å². The van der Waals surface area contributed by atoms with Crippen molar-refractivity contribution in [1.82, 2.24) is 4.98 Å². The third-order valence-corrected chi connectivity index (χ3v) is 4.60. The average molecular weight is 310 g/mol. The Balaban J connectivity index is 1.83.